The molecule has 0 bridgehead atoms. The SMILES string of the molecule is COC(=O)[C@@H](Cc1ccccc1)NC(=O)COC(=O)COc1ccc(C(C)=O)cc1. The summed E-state index contributed by atoms with van der Waals surface area (Å²) in [5, 5.41) is 2.50. The molecule has 0 aromatic heterocycles. The van der Waals surface area contributed by atoms with Crippen molar-refractivity contribution in [2.75, 3.05) is 20.3 Å². The Morgan fingerprint density at radius 2 is 1.60 bits per heavy atom. The van der Waals surface area contributed by atoms with E-state index in [0.29, 0.717) is 11.3 Å². The highest BCUT2D eigenvalue weighted by atomic mass is 16.6. The molecule has 0 aliphatic rings. The number of benzene rings is 2. The summed E-state index contributed by atoms with van der Waals surface area (Å²) in [6.07, 6.45) is 0.243. The van der Waals surface area contributed by atoms with Gasteiger partial charge in [0.2, 0.25) is 0 Å². The van der Waals surface area contributed by atoms with E-state index in [1.165, 1.54) is 14.0 Å². The first kappa shape index (κ1) is 22.6. The summed E-state index contributed by atoms with van der Waals surface area (Å²) in [5.41, 5.74) is 1.37. The lowest BCUT2D eigenvalue weighted by Crippen LogP contribution is -2.44. The van der Waals surface area contributed by atoms with Crippen molar-refractivity contribution in [1.29, 1.82) is 0 Å². The van der Waals surface area contributed by atoms with Gasteiger partial charge >= 0.3 is 11.9 Å². The molecule has 1 N–H and O–H groups in total. The lowest BCUT2D eigenvalue weighted by Gasteiger charge is -2.16. The van der Waals surface area contributed by atoms with E-state index in [2.05, 4.69) is 5.32 Å². The van der Waals surface area contributed by atoms with Crippen molar-refractivity contribution in [2.45, 2.75) is 19.4 Å². The Hall–Kier alpha value is -3.68. The van der Waals surface area contributed by atoms with Gasteiger partial charge in [-0.3, -0.25) is 9.59 Å². The van der Waals surface area contributed by atoms with Crippen molar-refractivity contribution >= 4 is 23.6 Å². The summed E-state index contributed by atoms with van der Waals surface area (Å²) in [7, 11) is 1.23. The first-order chi connectivity index (χ1) is 14.4. The Kier molecular flexibility index (Phi) is 8.56. The molecule has 0 spiro atoms. The van der Waals surface area contributed by atoms with Crippen molar-refractivity contribution in [3.8, 4) is 5.75 Å². The van der Waals surface area contributed by atoms with Crippen LogP contribution in [0.15, 0.2) is 54.6 Å². The van der Waals surface area contributed by atoms with E-state index in [1.807, 2.05) is 30.3 Å². The molecular weight excluding hydrogens is 390 g/mol. The molecule has 0 saturated heterocycles. The molecular formula is C22H23NO7. The quantitative estimate of drug-likeness (QED) is 0.467. The fraction of sp³-hybridized carbons (Fsp3) is 0.273. The van der Waals surface area contributed by atoms with Crippen molar-refractivity contribution in [2.24, 2.45) is 0 Å². The van der Waals surface area contributed by atoms with Gasteiger partial charge in [-0.15, -0.1) is 0 Å². The lowest BCUT2D eigenvalue weighted by molar-refractivity contribution is -0.151. The topological polar surface area (TPSA) is 108 Å². The van der Waals surface area contributed by atoms with Gasteiger partial charge < -0.3 is 19.5 Å². The van der Waals surface area contributed by atoms with E-state index in [4.69, 9.17) is 14.2 Å². The lowest BCUT2D eigenvalue weighted by atomic mass is 10.1. The number of esters is 2. The number of ether oxygens (including phenoxy) is 3. The van der Waals surface area contributed by atoms with Gasteiger partial charge in [0.05, 0.1) is 7.11 Å². The fourth-order valence-corrected chi connectivity index (χ4v) is 2.54. The second-order valence-electron chi connectivity index (χ2n) is 6.36. The molecule has 0 fully saturated rings. The minimum atomic E-state index is -0.903. The Balaban J connectivity index is 1.79. The molecule has 1 atom stereocenters. The molecule has 2 rings (SSSR count). The number of methoxy groups -OCH3 is 1. The highest BCUT2D eigenvalue weighted by Crippen LogP contribution is 2.12. The van der Waals surface area contributed by atoms with Crippen LogP contribution >= 0.6 is 0 Å². The average Bonchev–Trinajstić information content (AvgIpc) is 2.76. The van der Waals surface area contributed by atoms with Gasteiger partial charge in [0.1, 0.15) is 11.8 Å². The molecule has 2 aromatic carbocycles. The number of nitrogens with one attached hydrogen (secondary N) is 1. The number of hydrogen-bond donors (Lipinski definition) is 1. The number of hydrogen-bond acceptors (Lipinski definition) is 7. The van der Waals surface area contributed by atoms with Crippen LogP contribution < -0.4 is 10.1 Å². The number of ketones is 1. The first-order valence-corrected chi connectivity index (χ1v) is 9.19. The van der Waals surface area contributed by atoms with Crippen molar-refractivity contribution in [3.05, 3.63) is 65.7 Å². The number of Topliss-reactive ketones (excluding diaryl/α,β-unsaturated/α-hetero) is 1. The molecule has 0 aliphatic carbocycles. The molecule has 30 heavy (non-hydrogen) atoms. The zero-order valence-corrected chi connectivity index (χ0v) is 16.8. The maximum Gasteiger partial charge on any atom is 0.344 e. The Morgan fingerprint density at radius 3 is 2.20 bits per heavy atom. The molecule has 8 heteroatoms. The Bertz CT molecular complexity index is 878. The normalized spacial score (nSPS) is 11.1. The van der Waals surface area contributed by atoms with Crippen LogP contribution in [0.4, 0.5) is 0 Å². The zero-order valence-electron chi connectivity index (χ0n) is 16.8. The highest BCUT2D eigenvalue weighted by Gasteiger charge is 2.22. The van der Waals surface area contributed by atoms with E-state index in [0.717, 1.165) is 5.56 Å². The minimum Gasteiger partial charge on any atom is -0.482 e. The summed E-state index contributed by atoms with van der Waals surface area (Å²) in [5.74, 6) is -1.69. The highest BCUT2D eigenvalue weighted by molar-refractivity contribution is 5.94. The number of carbonyl (C=O) groups excluding carboxylic acids is 4. The summed E-state index contributed by atoms with van der Waals surface area (Å²) >= 11 is 0. The average molecular weight is 413 g/mol. The standard InChI is InChI=1S/C22H23NO7/c1-15(24)17-8-10-18(11-9-17)29-14-21(26)30-13-20(25)23-19(22(27)28-2)12-16-6-4-3-5-7-16/h3-11,19H,12-14H2,1-2H3,(H,23,25)/t19-/m1/s1. The van der Waals surface area contributed by atoms with Crippen molar-refractivity contribution in [3.63, 3.8) is 0 Å². The molecule has 0 unspecified atom stereocenters. The van der Waals surface area contributed by atoms with E-state index in [9.17, 15) is 19.2 Å². The van der Waals surface area contributed by atoms with Crippen LogP contribution in [0, 0.1) is 0 Å². The maximum atomic E-state index is 12.1. The van der Waals surface area contributed by atoms with Gasteiger partial charge in [-0.05, 0) is 36.8 Å². The zero-order chi connectivity index (χ0) is 21.9. The largest absolute Gasteiger partial charge is 0.482 e. The van der Waals surface area contributed by atoms with Gasteiger partial charge in [-0.1, -0.05) is 30.3 Å². The van der Waals surface area contributed by atoms with Gasteiger partial charge in [0.25, 0.3) is 5.91 Å². The fourth-order valence-electron chi connectivity index (χ4n) is 2.54. The van der Waals surface area contributed by atoms with E-state index in [-0.39, 0.29) is 12.2 Å². The van der Waals surface area contributed by atoms with Gasteiger partial charge in [0.15, 0.2) is 19.0 Å². The van der Waals surface area contributed by atoms with E-state index >= 15 is 0 Å². The molecule has 8 nitrogen and oxygen atoms in total. The molecule has 2 aromatic rings. The molecule has 0 aliphatic heterocycles. The predicted molar refractivity (Wildman–Crippen MR) is 107 cm³/mol. The van der Waals surface area contributed by atoms with E-state index < -0.39 is 37.1 Å². The first-order valence-electron chi connectivity index (χ1n) is 9.19. The van der Waals surface area contributed by atoms with Crippen LogP contribution in [0.25, 0.3) is 0 Å². The Morgan fingerprint density at radius 1 is 0.933 bits per heavy atom. The number of amides is 1. The summed E-state index contributed by atoms with van der Waals surface area (Å²) in [4.78, 5) is 47.0. The van der Waals surface area contributed by atoms with Crippen LogP contribution in [0.5, 0.6) is 5.75 Å². The van der Waals surface area contributed by atoms with Crippen LogP contribution in [0.1, 0.15) is 22.8 Å². The van der Waals surface area contributed by atoms with Gasteiger partial charge in [-0.25, -0.2) is 9.59 Å². The third-order valence-corrected chi connectivity index (χ3v) is 4.09. The monoisotopic (exact) mass is 413 g/mol. The summed E-state index contributed by atoms with van der Waals surface area (Å²) in [6.45, 7) is 0.480. The Labute approximate surface area is 174 Å². The minimum absolute atomic E-state index is 0.0792. The summed E-state index contributed by atoms with van der Waals surface area (Å²) < 4.78 is 14.8. The molecule has 0 heterocycles. The van der Waals surface area contributed by atoms with Crippen LogP contribution in [0.2, 0.25) is 0 Å². The second-order valence-corrected chi connectivity index (χ2v) is 6.36. The number of rotatable bonds is 10. The van der Waals surface area contributed by atoms with E-state index in [1.54, 1.807) is 24.3 Å². The smallest absolute Gasteiger partial charge is 0.344 e. The van der Waals surface area contributed by atoms with Crippen LogP contribution in [-0.4, -0.2) is 50.0 Å². The van der Waals surface area contributed by atoms with Gasteiger partial charge in [0, 0.05) is 12.0 Å². The maximum absolute atomic E-state index is 12.1. The third kappa shape index (κ3) is 7.38. The molecule has 0 saturated carbocycles. The van der Waals surface area contributed by atoms with Crippen LogP contribution in [-0.2, 0) is 30.3 Å². The number of carbonyl (C=O) groups is 4. The molecule has 0 radical (unpaired) electrons. The second kappa shape index (κ2) is 11.4. The predicted octanol–water partition coefficient (Wildman–Crippen LogP) is 1.71. The van der Waals surface area contributed by atoms with Crippen LogP contribution in [0.3, 0.4) is 0 Å². The van der Waals surface area contributed by atoms with Crippen molar-refractivity contribution < 1.29 is 33.4 Å². The molecule has 158 valence electrons. The van der Waals surface area contributed by atoms with Crippen molar-refractivity contribution in [1.82, 2.24) is 5.32 Å². The van der Waals surface area contributed by atoms with Gasteiger partial charge in [-0.2, -0.15) is 0 Å². The third-order valence-electron chi connectivity index (χ3n) is 4.09. The molecule has 1 amide bonds. The summed E-state index contributed by atoms with van der Waals surface area (Å²) in [6, 6.07) is 14.5.